The van der Waals surface area contributed by atoms with Gasteiger partial charge in [0.1, 0.15) is 5.75 Å². The molecule has 0 bridgehead atoms. The van der Waals surface area contributed by atoms with Crippen molar-refractivity contribution in [3.05, 3.63) is 35.6 Å². The van der Waals surface area contributed by atoms with Crippen molar-refractivity contribution >= 4 is 17.5 Å². The molecular weight excluding hydrogens is 266 g/mol. The van der Waals surface area contributed by atoms with Crippen LogP contribution in [0.4, 0.5) is 5.95 Å². The highest BCUT2D eigenvalue weighted by atomic mass is 35.5. The van der Waals surface area contributed by atoms with E-state index in [4.69, 9.17) is 21.1 Å². The summed E-state index contributed by atoms with van der Waals surface area (Å²) in [4.78, 5) is 4.27. The zero-order valence-electron chi connectivity index (χ0n) is 10.9. The van der Waals surface area contributed by atoms with Crippen LogP contribution in [0.15, 0.2) is 30.6 Å². The summed E-state index contributed by atoms with van der Waals surface area (Å²) in [5.74, 6) is 1.45. The quantitative estimate of drug-likeness (QED) is 0.827. The number of anilines is 1. The lowest BCUT2D eigenvalue weighted by Gasteiger charge is -2.13. The molecule has 0 atom stereocenters. The number of imidazole rings is 1. The second-order valence-corrected chi connectivity index (χ2v) is 4.29. The van der Waals surface area contributed by atoms with Crippen LogP contribution in [0.25, 0.3) is 5.69 Å². The molecule has 102 valence electrons. The molecule has 0 amide bonds. The number of hydrogen-bond donors (Lipinski definition) is 1. The fourth-order valence-corrected chi connectivity index (χ4v) is 1.91. The van der Waals surface area contributed by atoms with Crippen molar-refractivity contribution in [2.45, 2.75) is 0 Å². The number of benzene rings is 1. The van der Waals surface area contributed by atoms with E-state index in [-0.39, 0.29) is 0 Å². The predicted molar refractivity (Wildman–Crippen MR) is 75.5 cm³/mol. The fourth-order valence-electron chi connectivity index (χ4n) is 1.74. The zero-order chi connectivity index (χ0) is 13.7. The topological polar surface area (TPSA) is 48.3 Å². The standard InChI is InChI=1S/C13H16ClN3O2/c1-18-8-6-16-13-15-5-7-17(13)11-9-10(14)3-4-12(11)19-2/h3-5,7,9H,6,8H2,1-2H3,(H,15,16). The molecule has 1 N–H and O–H groups in total. The van der Waals surface area contributed by atoms with Crippen molar-refractivity contribution < 1.29 is 9.47 Å². The average molecular weight is 282 g/mol. The molecule has 2 aromatic rings. The van der Waals surface area contributed by atoms with Crippen molar-refractivity contribution in [1.82, 2.24) is 9.55 Å². The van der Waals surface area contributed by atoms with Gasteiger partial charge in [0.2, 0.25) is 5.95 Å². The van der Waals surface area contributed by atoms with Crippen LogP contribution in [0.5, 0.6) is 5.75 Å². The van der Waals surface area contributed by atoms with Gasteiger partial charge in [0.05, 0.1) is 19.4 Å². The van der Waals surface area contributed by atoms with Gasteiger partial charge in [-0.3, -0.25) is 4.57 Å². The first kappa shape index (κ1) is 13.7. The summed E-state index contributed by atoms with van der Waals surface area (Å²) in [6, 6.07) is 5.46. The van der Waals surface area contributed by atoms with Crippen LogP contribution >= 0.6 is 11.6 Å². The minimum Gasteiger partial charge on any atom is -0.495 e. The fraction of sp³-hybridized carbons (Fsp3) is 0.308. The van der Waals surface area contributed by atoms with Crippen LogP contribution in [-0.2, 0) is 4.74 Å². The van der Waals surface area contributed by atoms with E-state index in [0.29, 0.717) is 18.2 Å². The number of aromatic nitrogens is 2. The van der Waals surface area contributed by atoms with Gasteiger partial charge in [-0.2, -0.15) is 0 Å². The molecule has 0 saturated heterocycles. The molecule has 0 aliphatic carbocycles. The minimum absolute atomic E-state index is 0.611. The summed E-state index contributed by atoms with van der Waals surface area (Å²) in [6.45, 7) is 1.29. The van der Waals surface area contributed by atoms with E-state index in [1.54, 1.807) is 26.5 Å². The van der Waals surface area contributed by atoms with Gasteiger partial charge in [0, 0.05) is 31.1 Å². The smallest absolute Gasteiger partial charge is 0.207 e. The summed E-state index contributed by atoms with van der Waals surface area (Å²) in [6.07, 6.45) is 3.57. The Kier molecular flexibility index (Phi) is 4.65. The normalized spacial score (nSPS) is 10.5. The maximum Gasteiger partial charge on any atom is 0.207 e. The highest BCUT2D eigenvalue weighted by molar-refractivity contribution is 6.30. The molecule has 1 aromatic carbocycles. The SMILES string of the molecule is COCCNc1nccn1-c1cc(Cl)ccc1OC. The van der Waals surface area contributed by atoms with Crippen molar-refractivity contribution in [3.8, 4) is 11.4 Å². The maximum absolute atomic E-state index is 6.04. The first-order chi connectivity index (χ1) is 9.26. The van der Waals surface area contributed by atoms with Crippen LogP contribution < -0.4 is 10.1 Å². The van der Waals surface area contributed by atoms with E-state index in [1.807, 2.05) is 22.9 Å². The third kappa shape index (κ3) is 3.19. The molecule has 1 aromatic heterocycles. The zero-order valence-corrected chi connectivity index (χ0v) is 11.6. The first-order valence-corrected chi connectivity index (χ1v) is 6.24. The molecule has 0 fully saturated rings. The Labute approximate surface area is 117 Å². The largest absolute Gasteiger partial charge is 0.495 e. The lowest BCUT2D eigenvalue weighted by atomic mass is 10.3. The van der Waals surface area contributed by atoms with Crippen LogP contribution in [-0.4, -0.2) is 36.9 Å². The number of halogens is 1. The summed E-state index contributed by atoms with van der Waals surface area (Å²) < 4.78 is 12.2. The van der Waals surface area contributed by atoms with E-state index < -0.39 is 0 Å². The van der Waals surface area contributed by atoms with Crippen molar-refractivity contribution in [3.63, 3.8) is 0 Å². The van der Waals surface area contributed by atoms with E-state index >= 15 is 0 Å². The minimum atomic E-state index is 0.611. The molecule has 0 unspecified atom stereocenters. The Hall–Kier alpha value is -1.72. The van der Waals surface area contributed by atoms with Gasteiger partial charge in [-0.1, -0.05) is 11.6 Å². The van der Waals surface area contributed by atoms with Gasteiger partial charge in [0.25, 0.3) is 0 Å². The lowest BCUT2D eigenvalue weighted by Crippen LogP contribution is -2.12. The summed E-state index contributed by atoms with van der Waals surface area (Å²) in [5, 5.41) is 3.84. The van der Waals surface area contributed by atoms with E-state index in [9.17, 15) is 0 Å². The average Bonchev–Trinajstić information content (AvgIpc) is 2.87. The van der Waals surface area contributed by atoms with E-state index in [2.05, 4.69) is 10.3 Å². The molecule has 2 rings (SSSR count). The number of hydrogen-bond acceptors (Lipinski definition) is 4. The Balaban J connectivity index is 2.31. The molecule has 6 heteroatoms. The van der Waals surface area contributed by atoms with Crippen molar-refractivity contribution in [2.24, 2.45) is 0 Å². The Morgan fingerprint density at radius 3 is 2.95 bits per heavy atom. The van der Waals surface area contributed by atoms with Crippen LogP contribution in [0.2, 0.25) is 5.02 Å². The number of nitrogens with zero attached hydrogens (tertiary/aromatic N) is 2. The summed E-state index contributed by atoms with van der Waals surface area (Å²) >= 11 is 6.04. The molecule has 0 aliphatic rings. The van der Waals surface area contributed by atoms with Gasteiger partial charge in [-0.15, -0.1) is 0 Å². The Bertz CT molecular complexity index is 542. The van der Waals surface area contributed by atoms with E-state index in [1.165, 1.54) is 0 Å². The Morgan fingerprint density at radius 2 is 2.21 bits per heavy atom. The number of ether oxygens (including phenoxy) is 2. The molecule has 19 heavy (non-hydrogen) atoms. The molecule has 1 heterocycles. The number of nitrogens with one attached hydrogen (secondary N) is 1. The molecule has 0 aliphatic heterocycles. The Morgan fingerprint density at radius 1 is 1.37 bits per heavy atom. The van der Waals surface area contributed by atoms with E-state index in [0.717, 1.165) is 17.4 Å². The molecule has 0 spiro atoms. The lowest BCUT2D eigenvalue weighted by molar-refractivity contribution is 0.210. The first-order valence-electron chi connectivity index (χ1n) is 5.86. The number of rotatable bonds is 6. The third-order valence-corrected chi connectivity index (χ3v) is 2.87. The van der Waals surface area contributed by atoms with Crippen LogP contribution in [0, 0.1) is 0 Å². The number of methoxy groups -OCH3 is 2. The van der Waals surface area contributed by atoms with Crippen molar-refractivity contribution in [2.75, 3.05) is 32.7 Å². The highest BCUT2D eigenvalue weighted by Gasteiger charge is 2.10. The third-order valence-electron chi connectivity index (χ3n) is 2.63. The van der Waals surface area contributed by atoms with Crippen molar-refractivity contribution in [1.29, 1.82) is 0 Å². The van der Waals surface area contributed by atoms with Crippen LogP contribution in [0.3, 0.4) is 0 Å². The monoisotopic (exact) mass is 281 g/mol. The molecule has 5 nitrogen and oxygen atoms in total. The van der Waals surface area contributed by atoms with Gasteiger partial charge in [0.15, 0.2) is 0 Å². The second kappa shape index (κ2) is 6.45. The van der Waals surface area contributed by atoms with Gasteiger partial charge in [-0.05, 0) is 18.2 Å². The maximum atomic E-state index is 6.04. The molecular formula is C13H16ClN3O2. The van der Waals surface area contributed by atoms with Gasteiger partial charge < -0.3 is 14.8 Å². The van der Waals surface area contributed by atoms with Gasteiger partial charge >= 0.3 is 0 Å². The summed E-state index contributed by atoms with van der Waals surface area (Å²) in [7, 11) is 3.29. The predicted octanol–water partition coefficient (Wildman–Crippen LogP) is 2.59. The molecule has 0 saturated carbocycles. The summed E-state index contributed by atoms with van der Waals surface area (Å²) in [5.41, 5.74) is 0.840. The van der Waals surface area contributed by atoms with Gasteiger partial charge in [-0.25, -0.2) is 4.98 Å². The molecule has 0 radical (unpaired) electrons. The highest BCUT2D eigenvalue weighted by Crippen LogP contribution is 2.28. The van der Waals surface area contributed by atoms with Crippen LogP contribution in [0.1, 0.15) is 0 Å². The second-order valence-electron chi connectivity index (χ2n) is 3.86.